The van der Waals surface area contributed by atoms with Gasteiger partial charge in [0.15, 0.2) is 0 Å². The summed E-state index contributed by atoms with van der Waals surface area (Å²) in [5.74, 6) is -1.54. The van der Waals surface area contributed by atoms with Crippen LogP contribution in [-0.2, 0) is 20.9 Å². The standard InChI is InChI=1S/C28H29NO4/c30-27(26(23-12-6-2-7-13-23)24-14-8-3-9-15-24)29-19-22(18-25(29)28(31)32)16-17-33-20-21-10-4-1-5-11-21/h1-15,22,25-26H,16-20H2,(H,31,32)/t22-,25-/m0/s1. The molecule has 0 radical (unpaired) electrons. The number of carbonyl (C=O) groups is 2. The molecule has 1 amide bonds. The lowest BCUT2D eigenvalue weighted by Gasteiger charge is -2.27. The molecule has 5 nitrogen and oxygen atoms in total. The summed E-state index contributed by atoms with van der Waals surface area (Å²) in [7, 11) is 0. The summed E-state index contributed by atoms with van der Waals surface area (Å²) >= 11 is 0. The van der Waals surface area contributed by atoms with E-state index in [4.69, 9.17) is 4.74 Å². The first-order chi connectivity index (χ1) is 16.1. The van der Waals surface area contributed by atoms with E-state index in [1.165, 1.54) is 0 Å². The number of nitrogens with zero attached hydrogens (tertiary/aromatic N) is 1. The summed E-state index contributed by atoms with van der Waals surface area (Å²) in [5.41, 5.74) is 2.85. The molecule has 1 saturated heterocycles. The lowest BCUT2D eigenvalue weighted by Crippen LogP contribution is -2.43. The van der Waals surface area contributed by atoms with Gasteiger partial charge < -0.3 is 14.7 Å². The molecule has 0 aliphatic carbocycles. The first-order valence-electron chi connectivity index (χ1n) is 11.4. The molecule has 0 aromatic heterocycles. The summed E-state index contributed by atoms with van der Waals surface area (Å²) in [6.45, 7) is 1.50. The molecule has 3 aromatic carbocycles. The van der Waals surface area contributed by atoms with Gasteiger partial charge in [-0.25, -0.2) is 4.79 Å². The first kappa shape index (κ1) is 22.7. The van der Waals surface area contributed by atoms with Gasteiger partial charge in [0.05, 0.1) is 12.5 Å². The maximum absolute atomic E-state index is 13.8. The molecule has 3 aromatic rings. The number of ether oxygens (including phenoxy) is 1. The molecule has 4 rings (SSSR count). The van der Waals surface area contributed by atoms with Crippen LogP contribution >= 0.6 is 0 Å². The van der Waals surface area contributed by atoms with E-state index in [2.05, 4.69) is 0 Å². The van der Waals surface area contributed by atoms with Gasteiger partial charge in [0.1, 0.15) is 6.04 Å². The van der Waals surface area contributed by atoms with Gasteiger partial charge in [-0.15, -0.1) is 0 Å². The van der Waals surface area contributed by atoms with Crippen LogP contribution in [0.5, 0.6) is 0 Å². The molecule has 0 spiro atoms. The van der Waals surface area contributed by atoms with Crippen molar-refractivity contribution in [3.8, 4) is 0 Å². The summed E-state index contributed by atoms with van der Waals surface area (Å²) < 4.78 is 5.81. The van der Waals surface area contributed by atoms with Crippen molar-refractivity contribution in [3.05, 3.63) is 108 Å². The Morgan fingerprint density at radius 1 is 0.879 bits per heavy atom. The fourth-order valence-corrected chi connectivity index (χ4v) is 4.56. The van der Waals surface area contributed by atoms with E-state index in [-0.39, 0.29) is 11.8 Å². The Morgan fingerprint density at radius 2 is 1.42 bits per heavy atom. The number of hydrogen-bond acceptors (Lipinski definition) is 3. The number of carboxylic acid groups (broad SMARTS) is 1. The minimum absolute atomic E-state index is 0.0954. The second kappa shape index (κ2) is 10.9. The fourth-order valence-electron chi connectivity index (χ4n) is 4.56. The summed E-state index contributed by atoms with van der Waals surface area (Å²) in [5, 5.41) is 9.87. The Kier molecular flexibility index (Phi) is 7.53. The highest BCUT2D eigenvalue weighted by Gasteiger charge is 2.42. The maximum atomic E-state index is 13.8. The highest BCUT2D eigenvalue weighted by Crippen LogP contribution is 2.33. The van der Waals surface area contributed by atoms with Crippen LogP contribution in [-0.4, -0.2) is 41.1 Å². The molecule has 0 saturated carbocycles. The predicted octanol–water partition coefficient (Wildman–Crippen LogP) is 4.73. The largest absolute Gasteiger partial charge is 0.480 e. The molecule has 2 atom stereocenters. The Balaban J connectivity index is 1.46. The quantitative estimate of drug-likeness (QED) is 0.486. The zero-order valence-corrected chi connectivity index (χ0v) is 18.5. The second-order valence-electron chi connectivity index (χ2n) is 8.53. The van der Waals surface area contributed by atoms with Gasteiger partial charge in [-0.1, -0.05) is 91.0 Å². The number of likely N-dealkylation sites (tertiary alicyclic amines) is 1. The maximum Gasteiger partial charge on any atom is 0.326 e. The van der Waals surface area contributed by atoms with Crippen molar-refractivity contribution in [1.82, 2.24) is 4.90 Å². The summed E-state index contributed by atoms with van der Waals surface area (Å²) in [4.78, 5) is 27.4. The van der Waals surface area contributed by atoms with E-state index in [9.17, 15) is 14.7 Å². The number of hydrogen-bond donors (Lipinski definition) is 1. The minimum atomic E-state index is -0.948. The predicted molar refractivity (Wildman–Crippen MR) is 127 cm³/mol. The van der Waals surface area contributed by atoms with Crippen LogP contribution in [0.25, 0.3) is 0 Å². The Labute approximate surface area is 194 Å². The molecule has 0 bridgehead atoms. The number of rotatable bonds is 9. The van der Waals surface area contributed by atoms with Gasteiger partial charge in [-0.3, -0.25) is 4.79 Å². The topological polar surface area (TPSA) is 66.8 Å². The van der Waals surface area contributed by atoms with Gasteiger partial charge in [0.2, 0.25) is 5.91 Å². The van der Waals surface area contributed by atoms with E-state index in [0.717, 1.165) is 23.1 Å². The smallest absolute Gasteiger partial charge is 0.326 e. The molecule has 1 aliphatic rings. The van der Waals surface area contributed by atoms with Crippen LogP contribution in [0.3, 0.4) is 0 Å². The van der Waals surface area contributed by atoms with Crippen molar-refractivity contribution in [2.45, 2.75) is 31.4 Å². The Bertz CT molecular complexity index is 1000. The van der Waals surface area contributed by atoms with Crippen LogP contribution in [0.15, 0.2) is 91.0 Å². The van der Waals surface area contributed by atoms with E-state index in [1.54, 1.807) is 4.90 Å². The highest BCUT2D eigenvalue weighted by molar-refractivity contribution is 5.91. The summed E-state index contributed by atoms with van der Waals surface area (Å²) in [6.07, 6.45) is 1.17. The molecule has 1 N–H and O–H groups in total. The second-order valence-corrected chi connectivity index (χ2v) is 8.53. The van der Waals surface area contributed by atoms with Crippen LogP contribution in [0, 0.1) is 5.92 Å². The van der Waals surface area contributed by atoms with Crippen molar-refractivity contribution < 1.29 is 19.4 Å². The van der Waals surface area contributed by atoms with Gasteiger partial charge in [-0.05, 0) is 35.4 Å². The zero-order valence-electron chi connectivity index (χ0n) is 18.5. The monoisotopic (exact) mass is 443 g/mol. The van der Waals surface area contributed by atoms with Gasteiger partial charge in [-0.2, -0.15) is 0 Å². The van der Waals surface area contributed by atoms with E-state index in [1.807, 2.05) is 91.0 Å². The number of amides is 1. The SMILES string of the molecule is O=C(O)[C@@H]1C[C@H](CCOCc2ccccc2)CN1C(=O)C(c1ccccc1)c1ccccc1. The molecule has 1 fully saturated rings. The third-order valence-electron chi connectivity index (χ3n) is 6.25. The number of carbonyl (C=O) groups excluding carboxylic acids is 1. The average molecular weight is 444 g/mol. The molecule has 1 heterocycles. The number of aliphatic carboxylic acids is 1. The molecule has 170 valence electrons. The van der Waals surface area contributed by atoms with Crippen molar-refractivity contribution in [2.75, 3.05) is 13.2 Å². The third kappa shape index (κ3) is 5.68. The van der Waals surface area contributed by atoms with Gasteiger partial charge >= 0.3 is 5.97 Å². The average Bonchev–Trinajstić information content (AvgIpc) is 3.29. The van der Waals surface area contributed by atoms with Crippen LogP contribution in [0.4, 0.5) is 0 Å². The highest BCUT2D eigenvalue weighted by atomic mass is 16.5. The molecule has 0 unspecified atom stereocenters. The van der Waals surface area contributed by atoms with Crippen LogP contribution in [0.2, 0.25) is 0 Å². The van der Waals surface area contributed by atoms with Crippen LogP contribution < -0.4 is 0 Å². The van der Waals surface area contributed by atoms with Crippen molar-refractivity contribution in [3.63, 3.8) is 0 Å². The van der Waals surface area contributed by atoms with Crippen molar-refractivity contribution in [1.29, 1.82) is 0 Å². The molecule has 33 heavy (non-hydrogen) atoms. The van der Waals surface area contributed by atoms with Crippen LogP contribution in [0.1, 0.15) is 35.4 Å². The Hall–Kier alpha value is -3.44. The molecular formula is C28H29NO4. The Morgan fingerprint density at radius 3 is 1.97 bits per heavy atom. The lowest BCUT2D eigenvalue weighted by molar-refractivity contribution is -0.148. The van der Waals surface area contributed by atoms with E-state index < -0.39 is 17.9 Å². The first-order valence-corrected chi connectivity index (χ1v) is 11.4. The molecule has 5 heteroatoms. The number of carboxylic acids is 1. The fraction of sp³-hybridized carbons (Fsp3) is 0.286. The molecular weight excluding hydrogens is 414 g/mol. The van der Waals surface area contributed by atoms with Crippen molar-refractivity contribution in [2.24, 2.45) is 5.92 Å². The normalized spacial score (nSPS) is 17.9. The van der Waals surface area contributed by atoms with Crippen molar-refractivity contribution >= 4 is 11.9 Å². The van der Waals surface area contributed by atoms with Gasteiger partial charge in [0, 0.05) is 13.2 Å². The number of benzene rings is 3. The minimum Gasteiger partial charge on any atom is -0.480 e. The third-order valence-corrected chi connectivity index (χ3v) is 6.25. The molecule has 1 aliphatic heterocycles. The van der Waals surface area contributed by atoms with E-state index >= 15 is 0 Å². The lowest BCUT2D eigenvalue weighted by atomic mass is 9.90. The zero-order chi connectivity index (χ0) is 23.0. The summed E-state index contributed by atoms with van der Waals surface area (Å²) in [6, 6.07) is 28.3. The van der Waals surface area contributed by atoms with E-state index in [0.29, 0.717) is 26.2 Å². The van der Waals surface area contributed by atoms with Gasteiger partial charge in [0.25, 0.3) is 0 Å².